The number of hydrogen-bond acceptors (Lipinski definition) is 5. The zero-order valence-electron chi connectivity index (χ0n) is 20.2. The van der Waals surface area contributed by atoms with Crippen LogP contribution in [0.2, 0.25) is 0 Å². The standard InChI is InChI=1S/C26H35N5O2/c1-18-22(19(2)28-25-24(18)26(33-4)29-30(25)3)13-14-23(32)27-16-21-12-8-9-15-31(21)17-20-10-6-5-7-11-20/h5-7,10-11,21H,8-9,12-17H2,1-4H3,(H,27,32). The molecule has 2 aromatic heterocycles. The number of fused-ring (bicyclic) bond motifs is 1. The number of carbonyl (C=O) groups is 1. The number of pyridine rings is 1. The van der Waals surface area contributed by atoms with Gasteiger partial charge in [-0.2, -0.15) is 0 Å². The van der Waals surface area contributed by atoms with Gasteiger partial charge in [-0.15, -0.1) is 5.10 Å². The summed E-state index contributed by atoms with van der Waals surface area (Å²) in [5.41, 5.74) is 5.28. The van der Waals surface area contributed by atoms with Gasteiger partial charge >= 0.3 is 0 Å². The monoisotopic (exact) mass is 449 g/mol. The van der Waals surface area contributed by atoms with E-state index in [1.54, 1.807) is 11.8 Å². The smallest absolute Gasteiger partial charge is 0.242 e. The van der Waals surface area contributed by atoms with Crippen molar-refractivity contribution in [3.63, 3.8) is 0 Å². The molecule has 4 rings (SSSR count). The third kappa shape index (κ3) is 5.19. The van der Waals surface area contributed by atoms with Crippen LogP contribution in [0.4, 0.5) is 0 Å². The molecule has 0 radical (unpaired) electrons. The molecule has 176 valence electrons. The predicted octanol–water partition coefficient (Wildman–Crippen LogP) is 3.70. The van der Waals surface area contributed by atoms with E-state index < -0.39 is 0 Å². The third-order valence-corrected chi connectivity index (χ3v) is 6.83. The van der Waals surface area contributed by atoms with Crippen LogP contribution in [0.5, 0.6) is 5.88 Å². The maximum atomic E-state index is 12.7. The lowest BCUT2D eigenvalue weighted by atomic mass is 9.99. The second-order valence-electron chi connectivity index (χ2n) is 9.04. The summed E-state index contributed by atoms with van der Waals surface area (Å²) in [4.78, 5) is 20.0. The molecular weight excluding hydrogens is 414 g/mol. The minimum atomic E-state index is 0.0947. The van der Waals surface area contributed by atoms with Crippen LogP contribution in [0.3, 0.4) is 0 Å². The first-order valence-electron chi connectivity index (χ1n) is 11.9. The van der Waals surface area contributed by atoms with Crippen LogP contribution in [0.15, 0.2) is 30.3 Å². The first-order valence-corrected chi connectivity index (χ1v) is 11.9. The summed E-state index contributed by atoms with van der Waals surface area (Å²) in [5.74, 6) is 0.677. The summed E-state index contributed by atoms with van der Waals surface area (Å²) in [5, 5.41) is 8.54. The van der Waals surface area contributed by atoms with E-state index in [4.69, 9.17) is 9.72 Å². The Balaban J connectivity index is 1.37. The largest absolute Gasteiger partial charge is 0.479 e. The molecule has 1 unspecified atom stereocenters. The van der Waals surface area contributed by atoms with Crippen LogP contribution in [0, 0.1) is 13.8 Å². The molecule has 1 fully saturated rings. The highest BCUT2D eigenvalue weighted by atomic mass is 16.5. The average Bonchev–Trinajstić information content (AvgIpc) is 3.14. The van der Waals surface area contributed by atoms with Crippen LogP contribution in [0.1, 0.15) is 48.1 Å². The van der Waals surface area contributed by atoms with Crippen LogP contribution in [-0.2, 0) is 24.8 Å². The highest BCUT2D eigenvalue weighted by molar-refractivity contribution is 5.86. The lowest BCUT2D eigenvalue weighted by Crippen LogP contribution is -2.46. The lowest BCUT2D eigenvalue weighted by Gasteiger charge is -2.36. The fraction of sp³-hybridized carbons (Fsp3) is 0.500. The van der Waals surface area contributed by atoms with Gasteiger partial charge in [-0.25, -0.2) is 9.67 Å². The Kier molecular flexibility index (Phi) is 7.28. The Labute approximate surface area is 196 Å². The molecular formula is C26H35N5O2. The second-order valence-corrected chi connectivity index (χ2v) is 9.04. The van der Waals surface area contributed by atoms with Crippen LogP contribution in [0.25, 0.3) is 11.0 Å². The fourth-order valence-electron chi connectivity index (χ4n) is 4.98. The fourth-order valence-corrected chi connectivity index (χ4v) is 4.98. The van der Waals surface area contributed by atoms with Gasteiger partial charge in [-0.1, -0.05) is 36.8 Å². The van der Waals surface area contributed by atoms with Crippen molar-refractivity contribution < 1.29 is 9.53 Å². The molecule has 3 heterocycles. The summed E-state index contributed by atoms with van der Waals surface area (Å²) in [7, 11) is 3.50. The molecule has 1 aromatic carbocycles. The van der Waals surface area contributed by atoms with Gasteiger partial charge < -0.3 is 10.1 Å². The van der Waals surface area contributed by atoms with E-state index in [0.29, 0.717) is 31.3 Å². The van der Waals surface area contributed by atoms with Gasteiger partial charge in [-0.3, -0.25) is 9.69 Å². The number of benzene rings is 1. The van der Waals surface area contributed by atoms with Crippen LogP contribution in [-0.4, -0.2) is 51.8 Å². The van der Waals surface area contributed by atoms with Crippen molar-refractivity contribution in [1.29, 1.82) is 0 Å². The van der Waals surface area contributed by atoms with Crippen LogP contribution < -0.4 is 10.1 Å². The van der Waals surface area contributed by atoms with Crippen molar-refractivity contribution in [2.45, 2.75) is 58.5 Å². The quantitative estimate of drug-likeness (QED) is 0.568. The van der Waals surface area contributed by atoms with Gasteiger partial charge in [0.05, 0.1) is 12.5 Å². The highest BCUT2D eigenvalue weighted by Crippen LogP contribution is 2.30. The zero-order chi connectivity index (χ0) is 23.4. The van der Waals surface area contributed by atoms with Crippen molar-refractivity contribution in [3.8, 4) is 5.88 Å². The van der Waals surface area contributed by atoms with E-state index in [0.717, 1.165) is 47.4 Å². The van der Waals surface area contributed by atoms with Crippen molar-refractivity contribution in [3.05, 3.63) is 52.7 Å². The molecule has 1 aliphatic rings. The topological polar surface area (TPSA) is 72.3 Å². The van der Waals surface area contributed by atoms with E-state index in [1.807, 2.05) is 14.0 Å². The molecule has 0 aliphatic carbocycles. The number of hydrogen-bond donors (Lipinski definition) is 1. The van der Waals surface area contributed by atoms with Crippen molar-refractivity contribution in [2.75, 3.05) is 20.2 Å². The normalized spacial score (nSPS) is 16.8. The summed E-state index contributed by atoms with van der Waals surface area (Å²) in [6.45, 7) is 6.81. The zero-order valence-corrected chi connectivity index (χ0v) is 20.2. The molecule has 7 nitrogen and oxygen atoms in total. The Morgan fingerprint density at radius 2 is 2.00 bits per heavy atom. The predicted molar refractivity (Wildman–Crippen MR) is 130 cm³/mol. The van der Waals surface area contributed by atoms with E-state index in [9.17, 15) is 4.79 Å². The minimum Gasteiger partial charge on any atom is -0.479 e. The molecule has 1 atom stereocenters. The first-order chi connectivity index (χ1) is 16.0. The number of likely N-dealkylation sites (tertiary alicyclic amines) is 1. The number of amides is 1. The third-order valence-electron chi connectivity index (χ3n) is 6.83. The highest BCUT2D eigenvalue weighted by Gasteiger charge is 2.23. The summed E-state index contributed by atoms with van der Waals surface area (Å²) >= 11 is 0. The maximum absolute atomic E-state index is 12.7. The summed E-state index contributed by atoms with van der Waals surface area (Å²) in [6, 6.07) is 11.0. The number of carbonyl (C=O) groups excluding carboxylic acids is 1. The van der Waals surface area contributed by atoms with E-state index in [2.05, 4.69) is 52.6 Å². The number of piperidine rings is 1. The van der Waals surface area contributed by atoms with Crippen molar-refractivity contribution in [2.24, 2.45) is 7.05 Å². The molecule has 1 saturated heterocycles. The summed E-state index contributed by atoms with van der Waals surface area (Å²) < 4.78 is 7.20. The number of rotatable bonds is 8. The number of aryl methyl sites for hydroxylation is 3. The van der Waals surface area contributed by atoms with Gasteiger partial charge in [0.25, 0.3) is 0 Å². The first kappa shape index (κ1) is 23.2. The summed E-state index contributed by atoms with van der Waals surface area (Å²) in [6.07, 6.45) is 4.68. The Morgan fingerprint density at radius 1 is 1.21 bits per heavy atom. The molecule has 7 heteroatoms. The molecule has 1 aliphatic heterocycles. The van der Waals surface area contributed by atoms with Gasteiger partial charge in [0, 0.05) is 38.3 Å². The van der Waals surface area contributed by atoms with Crippen LogP contribution >= 0.6 is 0 Å². The molecule has 0 spiro atoms. The Hall–Kier alpha value is -2.93. The van der Waals surface area contributed by atoms with Gasteiger partial charge in [0.2, 0.25) is 11.8 Å². The van der Waals surface area contributed by atoms with E-state index in [-0.39, 0.29) is 5.91 Å². The number of aromatic nitrogens is 3. The average molecular weight is 450 g/mol. The number of methoxy groups -OCH3 is 1. The van der Waals surface area contributed by atoms with Crippen molar-refractivity contribution >= 4 is 16.9 Å². The van der Waals surface area contributed by atoms with Gasteiger partial charge in [-0.05, 0) is 56.3 Å². The molecule has 1 N–H and O–H groups in total. The van der Waals surface area contributed by atoms with Crippen molar-refractivity contribution in [1.82, 2.24) is 25.0 Å². The maximum Gasteiger partial charge on any atom is 0.242 e. The minimum absolute atomic E-state index is 0.0947. The van der Waals surface area contributed by atoms with E-state index >= 15 is 0 Å². The van der Waals surface area contributed by atoms with Gasteiger partial charge in [0.1, 0.15) is 0 Å². The Bertz CT molecular complexity index is 1110. The number of nitrogens with zero attached hydrogens (tertiary/aromatic N) is 4. The molecule has 1 amide bonds. The Morgan fingerprint density at radius 3 is 2.76 bits per heavy atom. The number of nitrogens with one attached hydrogen (secondary N) is 1. The molecule has 0 bridgehead atoms. The molecule has 0 saturated carbocycles. The molecule has 3 aromatic rings. The van der Waals surface area contributed by atoms with Gasteiger partial charge in [0.15, 0.2) is 5.65 Å². The lowest BCUT2D eigenvalue weighted by molar-refractivity contribution is -0.121. The molecule has 33 heavy (non-hydrogen) atoms. The van der Waals surface area contributed by atoms with E-state index in [1.165, 1.54) is 18.4 Å². The number of ether oxygens (including phenoxy) is 1. The SMILES string of the molecule is COc1nn(C)c2nc(C)c(CCC(=O)NCC3CCCCN3Cc3ccccc3)c(C)c12. The second kappa shape index (κ2) is 10.3.